The molecule has 2 heterocycles. The second-order valence-electron chi connectivity index (χ2n) is 3.76. The molecule has 0 radical (unpaired) electrons. The van der Waals surface area contributed by atoms with E-state index in [1.165, 1.54) is 0 Å². The minimum atomic E-state index is 0.631. The fourth-order valence-electron chi connectivity index (χ4n) is 1.75. The van der Waals surface area contributed by atoms with E-state index < -0.39 is 0 Å². The summed E-state index contributed by atoms with van der Waals surface area (Å²) in [5, 5.41) is 1.59. The second kappa shape index (κ2) is 4.15. The Hall–Kier alpha value is -1.93. The molecule has 3 aromatic rings. The van der Waals surface area contributed by atoms with Crippen LogP contribution in [0.2, 0.25) is 5.02 Å². The Balaban J connectivity index is 2.17. The van der Waals surface area contributed by atoms with Gasteiger partial charge in [0.15, 0.2) is 5.65 Å². The van der Waals surface area contributed by atoms with Crippen LogP contribution >= 0.6 is 11.6 Å². The van der Waals surface area contributed by atoms with Crippen molar-refractivity contribution < 1.29 is 0 Å². The number of rotatable bonds is 1. The molecule has 0 amide bonds. The van der Waals surface area contributed by atoms with Crippen molar-refractivity contribution in [1.29, 1.82) is 0 Å². The highest BCUT2D eigenvalue weighted by Crippen LogP contribution is 2.21. The van der Waals surface area contributed by atoms with E-state index in [-0.39, 0.29) is 0 Å². The van der Waals surface area contributed by atoms with Gasteiger partial charge in [-0.15, -0.1) is 0 Å². The zero-order valence-corrected chi connectivity index (χ0v) is 9.72. The van der Waals surface area contributed by atoms with E-state index in [1.54, 1.807) is 6.20 Å². The van der Waals surface area contributed by atoms with E-state index in [1.807, 2.05) is 48.5 Å². The van der Waals surface area contributed by atoms with Crippen LogP contribution in [0.15, 0.2) is 54.7 Å². The van der Waals surface area contributed by atoms with E-state index in [0.717, 1.165) is 22.3 Å². The first-order valence-corrected chi connectivity index (χ1v) is 5.68. The first kappa shape index (κ1) is 10.2. The van der Waals surface area contributed by atoms with Crippen molar-refractivity contribution >= 4 is 22.6 Å². The molecule has 0 spiro atoms. The van der Waals surface area contributed by atoms with Crippen LogP contribution in [0.5, 0.6) is 0 Å². The summed E-state index contributed by atoms with van der Waals surface area (Å²) in [6.07, 6.45) is 1.62. The number of pyridine rings is 2. The third kappa shape index (κ3) is 1.99. The summed E-state index contributed by atoms with van der Waals surface area (Å²) in [7, 11) is 0. The lowest BCUT2D eigenvalue weighted by atomic mass is 10.1. The average molecular weight is 241 g/mol. The number of halogens is 1. The number of aromatic nitrogens is 2. The van der Waals surface area contributed by atoms with Gasteiger partial charge in [0.25, 0.3) is 0 Å². The normalized spacial score (nSPS) is 10.6. The summed E-state index contributed by atoms with van der Waals surface area (Å²) in [6.45, 7) is 0. The van der Waals surface area contributed by atoms with Gasteiger partial charge in [-0.1, -0.05) is 41.9 Å². The molecule has 0 bridgehead atoms. The van der Waals surface area contributed by atoms with Crippen LogP contribution in [0, 0.1) is 0 Å². The van der Waals surface area contributed by atoms with Crippen molar-refractivity contribution in [2.24, 2.45) is 0 Å². The summed E-state index contributed by atoms with van der Waals surface area (Å²) in [4.78, 5) is 8.74. The molecule has 0 unspecified atom stereocenters. The average Bonchev–Trinajstić information content (AvgIpc) is 2.39. The van der Waals surface area contributed by atoms with Crippen LogP contribution in [0.25, 0.3) is 22.3 Å². The zero-order chi connectivity index (χ0) is 11.7. The van der Waals surface area contributed by atoms with Crippen LogP contribution in [0.1, 0.15) is 0 Å². The molecule has 0 aliphatic rings. The summed E-state index contributed by atoms with van der Waals surface area (Å²) in [5.74, 6) is 0. The molecular formula is C14H9ClN2. The van der Waals surface area contributed by atoms with Gasteiger partial charge in [-0.2, -0.15) is 0 Å². The van der Waals surface area contributed by atoms with E-state index >= 15 is 0 Å². The van der Waals surface area contributed by atoms with Gasteiger partial charge in [0.05, 0.1) is 10.7 Å². The molecule has 0 aliphatic carbocycles. The minimum Gasteiger partial charge on any atom is -0.235 e. The van der Waals surface area contributed by atoms with Crippen molar-refractivity contribution in [2.45, 2.75) is 0 Å². The number of hydrogen-bond donors (Lipinski definition) is 0. The topological polar surface area (TPSA) is 25.8 Å². The van der Waals surface area contributed by atoms with E-state index in [4.69, 9.17) is 11.6 Å². The van der Waals surface area contributed by atoms with Gasteiger partial charge in [-0.25, -0.2) is 9.97 Å². The van der Waals surface area contributed by atoms with Gasteiger partial charge in [0.1, 0.15) is 0 Å². The monoisotopic (exact) mass is 240 g/mol. The van der Waals surface area contributed by atoms with Gasteiger partial charge in [0, 0.05) is 17.1 Å². The molecule has 0 saturated heterocycles. The lowest BCUT2D eigenvalue weighted by Crippen LogP contribution is -1.87. The highest BCUT2D eigenvalue weighted by atomic mass is 35.5. The maximum atomic E-state index is 5.89. The molecule has 0 saturated carbocycles. The van der Waals surface area contributed by atoms with Gasteiger partial charge in [0.2, 0.25) is 0 Å². The maximum absolute atomic E-state index is 5.89. The zero-order valence-electron chi connectivity index (χ0n) is 8.97. The third-order valence-corrected chi connectivity index (χ3v) is 2.79. The predicted octanol–water partition coefficient (Wildman–Crippen LogP) is 3.95. The molecular weight excluding hydrogens is 232 g/mol. The second-order valence-corrected chi connectivity index (χ2v) is 4.20. The van der Waals surface area contributed by atoms with Gasteiger partial charge in [-0.3, -0.25) is 0 Å². The number of hydrogen-bond acceptors (Lipinski definition) is 2. The molecule has 0 aliphatic heterocycles. The fourth-order valence-corrected chi connectivity index (χ4v) is 1.92. The lowest BCUT2D eigenvalue weighted by molar-refractivity contribution is 1.29. The molecule has 82 valence electrons. The number of nitrogens with zero attached hydrogens (tertiary/aromatic N) is 2. The summed E-state index contributed by atoms with van der Waals surface area (Å²) in [6, 6.07) is 15.9. The molecule has 2 nitrogen and oxygen atoms in total. The minimum absolute atomic E-state index is 0.631. The fraction of sp³-hybridized carbons (Fsp3) is 0. The Morgan fingerprint density at radius 1 is 0.941 bits per heavy atom. The molecule has 3 rings (SSSR count). The largest absolute Gasteiger partial charge is 0.235 e. The van der Waals surface area contributed by atoms with Gasteiger partial charge >= 0.3 is 0 Å². The number of benzene rings is 1. The summed E-state index contributed by atoms with van der Waals surface area (Å²) >= 11 is 5.89. The van der Waals surface area contributed by atoms with Crippen LogP contribution in [-0.2, 0) is 0 Å². The van der Waals surface area contributed by atoms with Crippen molar-refractivity contribution in [1.82, 2.24) is 9.97 Å². The molecule has 2 aromatic heterocycles. The molecule has 1 aromatic carbocycles. The van der Waals surface area contributed by atoms with Crippen molar-refractivity contribution in [3.63, 3.8) is 0 Å². The maximum Gasteiger partial charge on any atom is 0.159 e. The predicted molar refractivity (Wildman–Crippen MR) is 70.0 cm³/mol. The molecule has 17 heavy (non-hydrogen) atoms. The Morgan fingerprint density at radius 3 is 2.59 bits per heavy atom. The first-order valence-electron chi connectivity index (χ1n) is 5.31. The molecule has 3 heteroatoms. The van der Waals surface area contributed by atoms with Crippen molar-refractivity contribution in [3.05, 3.63) is 59.8 Å². The highest BCUT2D eigenvalue weighted by Gasteiger charge is 2.02. The third-order valence-electron chi connectivity index (χ3n) is 2.58. The van der Waals surface area contributed by atoms with E-state index in [2.05, 4.69) is 9.97 Å². The van der Waals surface area contributed by atoms with Crippen molar-refractivity contribution in [3.8, 4) is 11.3 Å². The quantitative estimate of drug-likeness (QED) is 0.644. The first-order chi connectivity index (χ1) is 8.33. The van der Waals surface area contributed by atoms with E-state index in [0.29, 0.717) is 5.02 Å². The van der Waals surface area contributed by atoms with Gasteiger partial charge < -0.3 is 0 Å². The lowest BCUT2D eigenvalue weighted by Gasteiger charge is -2.02. The SMILES string of the molecule is Clc1cnc2nc(-c3ccccc3)ccc2c1. The van der Waals surface area contributed by atoms with Gasteiger partial charge in [-0.05, 0) is 18.2 Å². The molecule has 0 atom stereocenters. The Kier molecular flexibility index (Phi) is 2.50. The Bertz CT molecular complexity index is 665. The van der Waals surface area contributed by atoms with Crippen LogP contribution < -0.4 is 0 Å². The number of fused-ring (bicyclic) bond motifs is 1. The molecule has 0 N–H and O–H groups in total. The Morgan fingerprint density at radius 2 is 1.76 bits per heavy atom. The molecule has 0 fully saturated rings. The highest BCUT2D eigenvalue weighted by molar-refractivity contribution is 6.31. The van der Waals surface area contributed by atoms with E-state index in [9.17, 15) is 0 Å². The summed E-state index contributed by atoms with van der Waals surface area (Å²) < 4.78 is 0. The smallest absolute Gasteiger partial charge is 0.159 e. The van der Waals surface area contributed by atoms with Crippen LogP contribution in [0.3, 0.4) is 0 Å². The van der Waals surface area contributed by atoms with Crippen LogP contribution in [-0.4, -0.2) is 9.97 Å². The summed E-state index contributed by atoms with van der Waals surface area (Å²) in [5.41, 5.74) is 2.73. The Labute approximate surface area is 104 Å². The van der Waals surface area contributed by atoms with Crippen molar-refractivity contribution in [2.75, 3.05) is 0 Å². The van der Waals surface area contributed by atoms with Crippen LogP contribution in [0.4, 0.5) is 0 Å². The standard InChI is InChI=1S/C14H9ClN2/c15-12-8-11-6-7-13(17-14(11)16-9-12)10-4-2-1-3-5-10/h1-9H.